The number of ether oxygens (including phenoxy) is 1. The molecule has 106 valence electrons. The molecule has 3 rings (SSSR count). The summed E-state index contributed by atoms with van der Waals surface area (Å²) in [4.78, 5) is 0. The molecule has 0 unspecified atom stereocenters. The van der Waals surface area contributed by atoms with Crippen LogP contribution in [0.4, 0.5) is 0 Å². The van der Waals surface area contributed by atoms with E-state index in [1.807, 2.05) is 23.0 Å². The number of aryl methyl sites for hydroxylation is 1. The van der Waals surface area contributed by atoms with Crippen molar-refractivity contribution in [2.24, 2.45) is 11.7 Å². The fourth-order valence-corrected chi connectivity index (χ4v) is 2.15. The predicted molar refractivity (Wildman–Crippen MR) is 79.6 cm³/mol. The van der Waals surface area contributed by atoms with Crippen LogP contribution in [0.25, 0.3) is 11.1 Å². The molecule has 1 fully saturated rings. The standard InChI is InChI=1S/C16H21N3O/c17-7-2-8-19-11-15(10-18-19)14-3-1-4-16(9-14)20-12-13-5-6-13/h1,3-4,9-11,13H,2,5-8,12,17H2. The van der Waals surface area contributed by atoms with E-state index in [0.29, 0.717) is 6.54 Å². The lowest BCUT2D eigenvalue weighted by Gasteiger charge is -2.06. The first kappa shape index (κ1) is 13.2. The van der Waals surface area contributed by atoms with Gasteiger partial charge in [-0.25, -0.2) is 0 Å². The third kappa shape index (κ3) is 3.39. The Kier molecular flexibility index (Phi) is 4.02. The van der Waals surface area contributed by atoms with Gasteiger partial charge >= 0.3 is 0 Å². The highest BCUT2D eigenvalue weighted by molar-refractivity contribution is 5.63. The Labute approximate surface area is 119 Å². The highest BCUT2D eigenvalue weighted by Gasteiger charge is 2.21. The number of hydrogen-bond donors (Lipinski definition) is 1. The molecule has 1 saturated carbocycles. The van der Waals surface area contributed by atoms with E-state index in [1.54, 1.807) is 0 Å². The minimum Gasteiger partial charge on any atom is -0.493 e. The van der Waals surface area contributed by atoms with E-state index in [4.69, 9.17) is 10.5 Å². The molecule has 20 heavy (non-hydrogen) atoms. The first-order valence-electron chi connectivity index (χ1n) is 7.31. The zero-order valence-corrected chi connectivity index (χ0v) is 11.7. The van der Waals surface area contributed by atoms with E-state index in [1.165, 1.54) is 12.8 Å². The highest BCUT2D eigenvalue weighted by Crippen LogP contribution is 2.30. The fourth-order valence-electron chi connectivity index (χ4n) is 2.15. The molecule has 1 aromatic heterocycles. The molecule has 0 amide bonds. The van der Waals surface area contributed by atoms with Gasteiger partial charge < -0.3 is 10.5 Å². The molecule has 0 spiro atoms. The lowest BCUT2D eigenvalue weighted by Crippen LogP contribution is -2.05. The molecule has 4 heteroatoms. The van der Waals surface area contributed by atoms with Crippen LogP contribution in [-0.2, 0) is 6.54 Å². The smallest absolute Gasteiger partial charge is 0.119 e. The van der Waals surface area contributed by atoms with Crippen LogP contribution in [0.3, 0.4) is 0 Å². The molecule has 1 heterocycles. The van der Waals surface area contributed by atoms with Crippen molar-refractivity contribution < 1.29 is 4.74 Å². The second-order valence-corrected chi connectivity index (χ2v) is 5.42. The Hall–Kier alpha value is -1.81. The summed E-state index contributed by atoms with van der Waals surface area (Å²) in [5.41, 5.74) is 7.79. The zero-order chi connectivity index (χ0) is 13.8. The summed E-state index contributed by atoms with van der Waals surface area (Å²) in [7, 11) is 0. The maximum absolute atomic E-state index is 5.82. The molecule has 0 atom stereocenters. The first-order valence-corrected chi connectivity index (χ1v) is 7.31. The minimum atomic E-state index is 0.694. The quantitative estimate of drug-likeness (QED) is 0.842. The van der Waals surface area contributed by atoms with Gasteiger partial charge in [0.1, 0.15) is 5.75 Å². The monoisotopic (exact) mass is 271 g/mol. The Morgan fingerprint density at radius 1 is 1.30 bits per heavy atom. The molecule has 1 aromatic carbocycles. The van der Waals surface area contributed by atoms with Gasteiger partial charge in [0.05, 0.1) is 12.8 Å². The van der Waals surface area contributed by atoms with Gasteiger partial charge in [0.15, 0.2) is 0 Å². The lowest BCUT2D eigenvalue weighted by molar-refractivity contribution is 0.300. The number of hydrogen-bond acceptors (Lipinski definition) is 3. The molecule has 1 aliphatic rings. The molecule has 0 radical (unpaired) electrons. The number of rotatable bonds is 7. The third-order valence-electron chi connectivity index (χ3n) is 3.57. The summed E-state index contributed by atoms with van der Waals surface area (Å²) >= 11 is 0. The Morgan fingerprint density at radius 3 is 3.00 bits per heavy atom. The molecule has 1 aliphatic carbocycles. The number of nitrogens with zero attached hydrogens (tertiary/aromatic N) is 2. The fraction of sp³-hybridized carbons (Fsp3) is 0.438. The molecule has 0 aliphatic heterocycles. The average molecular weight is 271 g/mol. The number of aromatic nitrogens is 2. The van der Waals surface area contributed by atoms with Crippen molar-refractivity contribution in [2.75, 3.05) is 13.2 Å². The van der Waals surface area contributed by atoms with Crippen molar-refractivity contribution in [3.63, 3.8) is 0 Å². The van der Waals surface area contributed by atoms with Crippen LogP contribution >= 0.6 is 0 Å². The van der Waals surface area contributed by atoms with E-state index >= 15 is 0 Å². The van der Waals surface area contributed by atoms with E-state index in [2.05, 4.69) is 23.4 Å². The van der Waals surface area contributed by atoms with Crippen LogP contribution < -0.4 is 10.5 Å². The van der Waals surface area contributed by atoms with Crippen molar-refractivity contribution in [1.82, 2.24) is 9.78 Å². The molecular formula is C16H21N3O. The summed E-state index contributed by atoms with van der Waals surface area (Å²) in [6, 6.07) is 8.24. The van der Waals surface area contributed by atoms with E-state index in [-0.39, 0.29) is 0 Å². The first-order chi connectivity index (χ1) is 9.85. The molecule has 0 saturated heterocycles. The van der Waals surface area contributed by atoms with Crippen molar-refractivity contribution in [2.45, 2.75) is 25.8 Å². The van der Waals surface area contributed by atoms with Crippen LogP contribution in [0.5, 0.6) is 5.75 Å². The molecule has 2 N–H and O–H groups in total. The van der Waals surface area contributed by atoms with Gasteiger partial charge in [-0.1, -0.05) is 12.1 Å². The average Bonchev–Trinajstić information content (AvgIpc) is 3.20. The zero-order valence-electron chi connectivity index (χ0n) is 11.7. The molecular weight excluding hydrogens is 250 g/mol. The molecule has 0 bridgehead atoms. The second kappa shape index (κ2) is 6.09. The van der Waals surface area contributed by atoms with Crippen molar-refractivity contribution >= 4 is 0 Å². The van der Waals surface area contributed by atoms with Gasteiger partial charge in [-0.3, -0.25) is 4.68 Å². The van der Waals surface area contributed by atoms with Gasteiger partial charge in [0, 0.05) is 18.3 Å². The van der Waals surface area contributed by atoms with Crippen LogP contribution in [0.15, 0.2) is 36.7 Å². The van der Waals surface area contributed by atoms with Gasteiger partial charge in [0.2, 0.25) is 0 Å². The van der Waals surface area contributed by atoms with Gasteiger partial charge in [0.25, 0.3) is 0 Å². The topological polar surface area (TPSA) is 53.1 Å². The van der Waals surface area contributed by atoms with Crippen molar-refractivity contribution in [3.05, 3.63) is 36.7 Å². The van der Waals surface area contributed by atoms with Crippen LogP contribution in [-0.4, -0.2) is 22.9 Å². The van der Waals surface area contributed by atoms with Crippen LogP contribution in [0, 0.1) is 5.92 Å². The normalized spacial score (nSPS) is 14.4. The number of nitrogens with two attached hydrogens (primary N) is 1. The van der Waals surface area contributed by atoms with Gasteiger partial charge in [-0.15, -0.1) is 0 Å². The van der Waals surface area contributed by atoms with E-state index in [0.717, 1.165) is 42.4 Å². The summed E-state index contributed by atoms with van der Waals surface area (Å²) in [5.74, 6) is 1.72. The second-order valence-electron chi connectivity index (χ2n) is 5.42. The van der Waals surface area contributed by atoms with E-state index in [9.17, 15) is 0 Å². The summed E-state index contributed by atoms with van der Waals surface area (Å²) in [5, 5.41) is 4.36. The summed E-state index contributed by atoms with van der Waals surface area (Å²) < 4.78 is 7.76. The SMILES string of the molecule is NCCCn1cc(-c2cccc(OCC3CC3)c2)cn1. The van der Waals surface area contributed by atoms with Crippen molar-refractivity contribution in [3.8, 4) is 16.9 Å². The maximum Gasteiger partial charge on any atom is 0.119 e. The largest absolute Gasteiger partial charge is 0.493 e. The lowest BCUT2D eigenvalue weighted by atomic mass is 10.1. The maximum atomic E-state index is 5.82. The molecule has 4 nitrogen and oxygen atoms in total. The van der Waals surface area contributed by atoms with Crippen molar-refractivity contribution in [1.29, 1.82) is 0 Å². The molecule has 2 aromatic rings. The Balaban J connectivity index is 1.68. The van der Waals surface area contributed by atoms with Gasteiger partial charge in [-0.05, 0) is 49.4 Å². The van der Waals surface area contributed by atoms with E-state index < -0.39 is 0 Å². The third-order valence-corrected chi connectivity index (χ3v) is 3.57. The number of benzene rings is 1. The Morgan fingerprint density at radius 2 is 2.20 bits per heavy atom. The highest BCUT2D eigenvalue weighted by atomic mass is 16.5. The van der Waals surface area contributed by atoms with Crippen LogP contribution in [0.2, 0.25) is 0 Å². The van der Waals surface area contributed by atoms with Gasteiger partial charge in [-0.2, -0.15) is 5.10 Å². The predicted octanol–water partition coefficient (Wildman–Crippen LogP) is 2.69. The minimum absolute atomic E-state index is 0.694. The Bertz CT molecular complexity index is 560. The van der Waals surface area contributed by atoms with Crippen LogP contribution in [0.1, 0.15) is 19.3 Å². The summed E-state index contributed by atoms with van der Waals surface area (Å²) in [6.07, 6.45) is 7.54. The summed E-state index contributed by atoms with van der Waals surface area (Å²) in [6.45, 7) is 2.41.